The van der Waals surface area contributed by atoms with Gasteiger partial charge in [-0.05, 0) is 31.3 Å². The SMILES string of the molecule is CCN(CC)CCOc1ccccc1CN=C(N)Nc1ccccc1.I. The molecule has 0 aromatic heterocycles. The minimum Gasteiger partial charge on any atom is -0.492 e. The quantitative estimate of drug-likeness (QED) is 0.333. The molecule has 3 N–H and O–H groups in total. The molecule has 2 rings (SSSR count). The number of para-hydroxylation sites is 2. The van der Waals surface area contributed by atoms with Gasteiger partial charge in [-0.1, -0.05) is 50.2 Å². The molecular formula is C20H29IN4O. The Morgan fingerprint density at radius 2 is 1.69 bits per heavy atom. The molecule has 6 heteroatoms. The molecule has 0 saturated carbocycles. The lowest BCUT2D eigenvalue weighted by atomic mass is 10.2. The zero-order chi connectivity index (χ0) is 17.9. The average Bonchev–Trinajstić information content (AvgIpc) is 2.65. The highest BCUT2D eigenvalue weighted by atomic mass is 127. The molecule has 0 atom stereocenters. The molecule has 0 radical (unpaired) electrons. The first-order valence-electron chi connectivity index (χ1n) is 8.78. The van der Waals surface area contributed by atoms with Crippen molar-refractivity contribution in [2.45, 2.75) is 20.4 Å². The molecule has 0 aliphatic heterocycles. The van der Waals surface area contributed by atoms with Crippen LogP contribution in [0.5, 0.6) is 5.75 Å². The van der Waals surface area contributed by atoms with Crippen LogP contribution in [-0.4, -0.2) is 37.1 Å². The number of rotatable bonds is 9. The monoisotopic (exact) mass is 468 g/mol. The van der Waals surface area contributed by atoms with Gasteiger partial charge in [0.1, 0.15) is 12.4 Å². The van der Waals surface area contributed by atoms with E-state index in [9.17, 15) is 0 Å². The van der Waals surface area contributed by atoms with Gasteiger partial charge in [-0.15, -0.1) is 24.0 Å². The maximum absolute atomic E-state index is 5.97. The third kappa shape index (κ3) is 7.61. The minimum atomic E-state index is 0. The summed E-state index contributed by atoms with van der Waals surface area (Å²) in [5.41, 5.74) is 7.92. The van der Waals surface area contributed by atoms with Crippen molar-refractivity contribution in [1.82, 2.24) is 4.90 Å². The van der Waals surface area contributed by atoms with Crippen LogP contribution in [0.3, 0.4) is 0 Å². The Labute approximate surface area is 173 Å². The summed E-state index contributed by atoms with van der Waals surface area (Å²) >= 11 is 0. The fourth-order valence-electron chi connectivity index (χ4n) is 2.48. The van der Waals surface area contributed by atoms with E-state index in [0.717, 1.165) is 36.6 Å². The van der Waals surface area contributed by atoms with Gasteiger partial charge in [0.2, 0.25) is 0 Å². The summed E-state index contributed by atoms with van der Waals surface area (Å²) in [6, 6.07) is 17.7. The third-order valence-corrected chi connectivity index (χ3v) is 4.00. The second kappa shape index (κ2) is 12.5. The molecule has 2 aromatic rings. The summed E-state index contributed by atoms with van der Waals surface area (Å²) in [6.45, 7) is 8.46. The summed E-state index contributed by atoms with van der Waals surface area (Å²) in [5.74, 6) is 1.26. The van der Waals surface area contributed by atoms with Crippen molar-refractivity contribution >= 4 is 35.6 Å². The van der Waals surface area contributed by atoms with Crippen LogP contribution in [0.1, 0.15) is 19.4 Å². The second-order valence-electron chi connectivity index (χ2n) is 5.68. The van der Waals surface area contributed by atoms with Crippen LogP contribution >= 0.6 is 24.0 Å². The number of hydrogen-bond donors (Lipinski definition) is 2. The van der Waals surface area contributed by atoms with Gasteiger partial charge in [0, 0.05) is 17.8 Å². The first-order chi connectivity index (χ1) is 12.2. The normalized spacial score (nSPS) is 11.1. The van der Waals surface area contributed by atoms with E-state index in [0.29, 0.717) is 19.1 Å². The number of guanidine groups is 1. The van der Waals surface area contributed by atoms with Crippen LogP contribution in [0.2, 0.25) is 0 Å². The molecule has 142 valence electrons. The Morgan fingerprint density at radius 3 is 2.38 bits per heavy atom. The number of aliphatic imine (C=N–C) groups is 1. The van der Waals surface area contributed by atoms with Crippen LogP contribution in [-0.2, 0) is 6.54 Å². The van der Waals surface area contributed by atoms with E-state index in [1.54, 1.807) is 0 Å². The Kier molecular flexibility index (Phi) is 10.7. The van der Waals surface area contributed by atoms with Gasteiger partial charge in [-0.3, -0.25) is 0 Å². The lowest BCUT2D eigenvalue weighted by Crippen LogP contribution is -2.28. The molecule has 0 spiro atoms. The van der Waals surface area contributed by atoms with E-state index >= 15 is 0 Å². The van der Waals surface area contributed by atoms with Gasteiger partial charge in [0.25, 0.3) is 0 Å². The van der Waals surface area contributed by atoms with E-state index in [4.69, 9.17) is 10.5 Å². The Bertz CT molecular complexity index is 660. The lowest BCUT2D eigenvalue weighted by Gasteiger charge is -2.18. The number of nitrogens with one attached hydrogen (secondary N) is 1. The van der Waals surface area contributed by atoms with Crippen LogP contribution in [0.4, 0.5) is 5.69 Å². The highest BCUT2D eigenvalue weighted by Crippen LogP contribution is 2.19. The van der Waals surface area contributed by atoms with Gasteiger partial charge in [-0.25, -0.2) is 4.99 Å². The molecule has 0 unspecified atom stereocenters. The average molecular weight is 468 g/mol. The molecule has 0 aliphatic rings. The first kappa shape index (κ1) is 22.2. The van der Waals surface area contributed by atoms with E-state index in [-0.39, 0.29) is 24.0 Å². The van der Waals surface area contributed by atoms with Crippen LogP contribution in [0.15, 0.2) is 59.6 Å². The molecule has 0 heterocycles. The first-order valence-corrected chi connectivity index (χ1v) is 8.78. The van der Waals surface area contributed by atoms with Crippen molar-refractivity contribution < 1.29 is 4.74 Å². The van der Waals surface area contributed by atoms with Crippen molar-refractivity contribution in [2.75, 3.05) is 31.6 Å². The van der Waals surface area contributed by atoms with Gasteiger partial charge in [-0.2, -0.15) is 0 Å². The topological polar surface area (TPSA) is 62.9 Å². The van der Waals surface area contributed by atoms with E-state index in [1.165, 1.54) is 0 Å². The van der Waals surface area contributed by atoms with Crippen molar-refractivity contribution in [3.63, 3.8) is 0 Å². The van der Waals surface area contributed by atoms with Crippen LogP contribution in [0, 0.1) is 0 Å². The molecule has 0 amide bonds. The van der Waals surface area contributed by atoms with Gasteiger partial charge in [0.05, 0.1) is 6.54 Å². The lowest BCUT2D eigenvalue weighted by molar-refractivity contribution is 0.221. The van der Waals surface area contributed by atoms with Crippen LogP contribution in [0.25, 0.3) is 0 Å². The van der Waals surface area contributed by atoms with Crippen molar-refractivity contribution in [3.8, 4) is 5.75 Å². The molecule has 0 bridgehead atoms. The Balaban J connectivity index is 0.00000338. The third-order valence-electron chi connectivity index (χ3n) is 4.00. The largest absolute Gasteiger partial charge is 0.492 e. The zero-order valence-electron chi connectivity index (χ0n) is 15.5. The fraction of sp³-hybridized carbons (Fsp3) is 0.350. The number of anilines is 1. The van der Waals surface area contributed by atoms with E-state index in [1.807, 2.05) is 54.6 Å². The predicted octanol–water partition coefficient (Wildman–Crippen LogP) is 3.95. The number of nitrogens with zero attached hydrogens (tertiary/aromatic N) is 2. The number of hydrogen-bond acceptors (Lipinski definition) is 3. The molecular weight excluding hydrogens is 439 g/mol. The van der Waals surface area contributed by atoms with E-state index in [2.05, 4.69) is 29.1 Å². The zero-order valence-corrected chi connectivity index (χ0v) is 17.9. The second-order valence-corrected chi connectivity index (χ2v) is 5.68. The van der Waals surface area contributed by atoms with Gasteiger partial charge in [0.15, 0.2) is 5.96 Å². The smallest absolute Gasteiger partial charge is 0.193 e. The van der Waals surface area contributed by atoms with Gasteiger partial charge < -0.3 is 20.7 Å². The summed E-state index contributed by atoms with van der Waals surface area (Å²) in [7, 11) is 0. The summed E-state index contributed by atoms with van der Waals surface area (Å²) in [6.07, 6.45) is 0. The molecule has 0 fully saturated rings. The van der Waals surface area contributed by atoms with E-state index < -0.39 is 0 Å². The summed E-state index contributed by atoms with van der Waals surface area (Å²) in [5, 5.41) is 3.09. The van der Waals surface area contributed by atoms with Crippen LogP contribution < -0.4 is 15.8 Å². The van der Waals surface area contributed by atoms with Crippen molar-refractivity contribution in [2.24, 2.45) is 10.7 Å². The molecule has 5 nitrogen and oxygen atoms in total. The van der Waals surface area contributed by atoms with Crippen molar-refractivity contribution in [1.29, 1.82) is 0 Å². The minimum absolute atomic E-state index is 0. The highest BCUT2D eigenvalue weighted by molar-refractivity contribution is 14.0. The molecule has 0 saturated heterocycles. The molecule has 2 aromatic carbocycles. The number of likely N-dealkylation sites (N-methyl/N-ethyl adjacent to an activating group) is 1. The Hall–Kier alpha value is -1.80. The maximum atomic E-state index is 5.97. The molecule has 26 heavy (non-hydrogen) atoms. The number of halogens is 1. The Morgan fingerprint density at radius 1 is 1.04 bits per heavy atom. The number of ether oxygens (including phenoxy) is 1. The number of benzene rings is 2. The number of nitrogens with two attached hydrogens (primary N) is 1. The maximum Gasteiger partial charge on any atom is 0.193 e. The van der Waals surface area contributed by atoms with Crippen molar-refractivity contribution in [3.05, 3.63) is 60.2 Å². The summed E-state index contributed by atoms with van der Waals surface area (Å²) in [4.78, 5) is 6.75. The standard InChI is InChI=1S/C20H28N4O.HI/c1-3-24(4-2)14-15-25-19-13-9-8-10-17(19)16-22-20(21)23-18-11-6-5-7-12-18;/h5-13H,3-4,14-16H2,1-2H3,(H3,21,22,23);1H. The highest BCUT2D eigenvalue weighted by Gasteiger charge is 2.04. The predicted molar refractivity (Wildman–Crippen MR) is 121 cm³/mol. The molecule has 0 aliphatic carbocycles. The fourth-order valence-corrected chi connectivity index (χ4v) is 2.48. The summed E-state index contributed by atoms with van der Waals surface area (Å²) < 4.78 is 5.95. The van der Waals surface area contributed by atoms with Gasteiger partial charge >= 0.3 is 0 Å².